The highest BCUT2D eigenvalue weighted by atomic mass is 79.9. The molecule has 0 radical (unpaired) electrons. The van der Waals surface area contributed by atoms with Gasteiger partial charge >= 0.3 is 0 Å². The van der Waals surface area contributed by atoms with Crippen molar-refractivity contribution in [2.45, 2.75) is 19.8 Å². The van der Waals surface area contributed by atoms with Crippen LogP contribution < -0.4 is 5.32 Å². The van der Waals surface area contributed by atoms with E-state index in [2.05, 4.69) is 83.6 Å². The Kier molecular flexibility index (Phi) is 4.43. The first kappa shape index (κ1) is 13.2. The number of hydrogen-bond donors (Lipinski definition) is 1. The van der Waals surface area contributed by atoms with Crippen molar-refractivity contribution in [3.8, 4) is 0 Å². The quantitative estimate of drug-likeness (QED) is 0.840. The van der Waals surface area contributed by atoms with E-state index in [1.807, 2.05) is 0 Å². The SMILES string of the molecule is Cc1ccc(Br)c(NCC(C)c2ccccc2)c1. The van der Waals surface area contributed by atoms with Gasteiger partial charge in [-0.2, -0.15) is 0 Å². The Hall–Kier alpha value is -1.28. The number of benzene rings is 2. The van der Waals surface area contributed by atoms with Crippen LogP contribution in [0.3, 0.4) is 0 Å². The van der Waals surface area contributed by atoms with Crippen LogP contribution in [0, 0.1) is 6.92 Å². The molecule has 0 saturated heterocycles. The number of halogens is 1. The maximum atomic E-state index is 3.57. The molecule has 0 saturated carbocycles. The zero-order valence-corrected chi connectivity index (χ0v) is 12.4. The fraction of sp³-hybridized carbons (Fsp3) is 0.250. The number of aryl methyl sites for hydroxylation is 1. The van der Waals surface area contributed by atoms with Crippen molar-refractivity contribution in [1.29, 1.82) is 0 Å². The summed E-state index contributed by atoms with van der Waals surface area (Å²) in [6, 6.07) is 17.0. The van der Waals surface area contributed by atoms with Crippen molar-refractivity contribution in [2.24, 2.45) is 0 Å². The fourth-order valence-electron chi connectivity index (χ4n) is 1.94. The van der Waals surface area contributed by atoms with Crippen LogP contribution in [0.1, 0.15) is 24.0 Å². The Balaban J connectivity index is 2.01. The largest absolute Gasteiger partial charge is 0.384 e. The molecule has 18 heavy (non-hydrogen) atoms. The average Bonchev–Trinajstić information content (AvgIpc) is 2.40. The summed E-state index contributed by atoms with van der Waals surface area (Å²) in [5.74, 6) is 0.499. The van der Waals surface area contributed by atoms with E-state index in [-0.39, 0.29) is 0 Å². The van der Waals surface area contributed by atoms with Crippen LogP contribution in [0.15, 0.2) is 53.0 Å². The molecule has 0 heterocycles. The molecular formula is C16H18BrN. The maximum Gasteiger partial charge on any atom is 0.0487 e. The molecule has 2 rings (SSSR count). The zero-order valence-electron chi connectivity index (χ0n) is 10.8. The summed E-state index contributed by atoms with van der Waals surface area (Å²) in [5.41, 5.74) is 3.81. The van der Waals surface area contributed by atoms with Crippen molar-refractivity contribution in [1.82, 2.24) is 0 Å². The second kappa shape index (κ2) is 6.05. The first-order chi connectivity index (χ1) is 8.66. The molecule has 2 heteroatoms. The number of nitrogens with one attached hydrogen (secondary N) is 1. The van der Waals surface area contributed by atoms with Crippen molar-refractivity contribution in [2.75, 3.05) is 11.9 Å². The van der Waals surface area contributed by atoms with Crippen LogP contribution in [-0.2, 0) is 0 Å². The summed E-state index contributed by atoms with van der Waals surface area (Å²) in [7, 11) is 0. The smallest absolute Gasteiger partial charge is 0.0487 e. The molecule has 94 valence electrons. The topological polar surface area (TPSA) is 12.0 Å². The van der Waals surface area contributed by atoms with Crippen molar-refractivity contribution in [3.63, 3.8) is 0 Å². The second-order valence-corrected chi connectivity index (χ2v) is 5.53. The zero-order chi connectivity index (χ0) is 13.0. The van der Waals surface area contributed by atoms with E-state index < -0.39 is 0 Å². The minimum atomic E-state index is 0.499. The molecule has 1 N–H and O–H groups in total. The summed E-state index contributed by atoms with van der Waals surface area (Å²) in [4.78, 5) is 0. The van der Waals surface area contributed by atoms with Gasteiger partial charge < -0.3 is 5.32 Å². The molecule has 0 amide bonds. The van der Waals surface area contributed by atoms with E-state index in [0.717, 1.165) is 16.7 Å². The summed E-state index contributed by atoms with van der Waals surface area (Å²) in [5, 5.41) is 3.51. The molecule has 2 aromatic carbocycles. The molecule has 0 aliphatic rings. The monoisotopic (exact) mass is 303 g/mol. The van der Waals surface area contributed by atoms with E-state index in [1.54, 1.807) is 0 Å². The van der Waals surface area contributed by atoms with Gasteiger partial charge in [-0.15, -0.1) is 0 Å². The Labute approximate surface area is 117 Å². The average molecular weight is 304 g/mol. The summed E-state index contributed by atoms with van der Waals surface area (Å²) < 4.78 is 1.12. The predicted molar refractivity (Wildman–Crippen MR) is 82.2 cm³/mol. The number of hydrogen-bond acceptors (Lipinski definition) is 1. The Morgan fingerprint density at radius 1 is 1.11 bits per heavy atom. The standard InChI is InChI=1S/C16H18BrN/c1-12-8-9-15(17)16(10-12)18-11-13(2)14-6-4-3-5-7-14/h3-10,13,18H,11H2,1-2H3. The predicted octanol–water partition coefficient (Wildman–Crippen LogP) is 4.97. The third kappa shape index (κ3) is 3.36. The molecule has 1 nitrogen and oxygen atoms in total. The van der Waals surface area contributed by atoms with Gasteiger partial charge in [0.2, 0.25) is 0 Å². The third-order valence-corrected chi connectivity index (χ3v) is 3.78. The van der Waals surface area contributed by atoms with Crippen molar-refractivity contribution >= 4 is 21.6 Å². The van der Waals surface area contributed by atoms with Gasteiger partial charge in [-0.1, -0.05) is 43.3 Å². The van der Waals surface area contributed by atoms with Crippen LogP contribution in [0.5, 0.6) is 0 Å². The van der Waals surface area contributed by atoms with E-state index in [1.165, 1.54) is 11.1 Å². The second-order valence-electron chi connectivity index (χ2n) is 4.68. The molecule has 0 bridgehead atoms. The first-order valence-corrected chi connectivity index (χ1v) is 7.01. The highest BCUT2D eigenvalue weighted by molar-refractivity contribution is 9.10. The minimum absolute atomic E-state index is 0.499. The molecule has 0 aliphatic carbocycles. The van der Waals surface area contributed by atoms with Crippen LogP contribution in [0.25, 0.3) is 0 Å². The van der Waals surface area contributed by atoms with Gasteiger partial charge in [0, 0.05) is 16.7 Å². The van der Waals surface area contributed by atoms with Gasteiger partial charge in [0.15, 0.2) is 0 Å². The van der Waals surface area contributed by atoms with Crippen molar-refractivity contribution < 1.29 is 0 Å². The lowest BCUT2D eigenvalue weighted by Gasteiger charge is -2.15. The molecular weight excluding hydrogens is 286 g/mol. The van der Waals surface area contributed by atoms with Gasteiger partial charge in [-0.25, -0.2) is 0 Å². The van der Waals surface area contributed by atoms with Gasteiger partial charge in [-0.3, -0.25) is 0 Å². The lowest BCUT2D eigenvalue weighted by molar-refractivity contribution is 0.804. The van der Waals surface area contributed by atoms with E-state index in [9.17, 15) is 0 Å². The number of rotatable bonds is 4. The molecule has 1 atom stereocenters. The van der Waals surface area contributed by atoms with Gasteiger partial charge in [0.1, 0.15) is 0 Å². The molecule has 2 aromatic rings. The molecule has 1 unspecified atom stereocenters. The Bertz CT molecular complexity index is 508. The van der Waals surface area contributed by atoms with E-state index >= 15 is 0 Å². The van der Waals surface area contributed by atoms with E-state index in [4.69, 9.17) is 0 Å². The van der Waals surface area contributed by atoms with Gasteiger partial charge in [0.25, 0.3) is 0 Å². The highest BCUT2D eigenvalue weighted by Gasteiger charge is 2.06. The highest BCUT2D eigenvalue weighted by Crippen LogP contribution is 2.24. The van der Waals surface area contributed by atoms with Crippen LogP contribution in [0.2, 0.25) is 0 Å². The Morgan fingerprint density at radius 3 is 2.56 bits per heavy atom. The molecule has 0 aromatic heterocycles. The molecule has 0 spiro atoms. The molecule has 0 aliphatic heterocycles. The Morgan fingerprint density at radius 2 is 1.83 bits per heavy atom. The fourth-order valence-corrected chi connectivity index (χ4v) is 2.32. The number of anilines is 1. The third-order valence-electron chi connectivity index (χ3n) is 3.09. The van der Waals surface area contributed by atoms with E-state index in [0.29, 0.717) is 5.92 Å². The maximum absolute atomic E-state index is 3.57. The van der Waals surface area contributed by atoms with Gasteiger partial charge in [-0.05, 0) is 52.0 Å². The lowest BCUT2D eigenvalue weighted by Crippen LogP contribution is -2.10. The summed E-state index contributed by atoms with van der Waals surface area (Å²) >= 11 is 3.57. The summed E-state index contributed by atoms with van der Waals surface area (Å²) in [6.45, 7) is 5.29. The summed E-state index contributed by atoms with van der Waals surface area (Å²) in [6.07, 6.45) is 0. The van der Waals surface area contributed by atoms with Crippen LogP contribution >= 0.6 is 15.9 Å². The van der Waals surface area contributed by atoms with Crippen LogP contribution in [0.4, 0.5) is 5.69 Å². The minimum Gasteiger partial charge on any atom is -0.384 e. The van der Waals surface area contributed by atoms with Crippen molar-refractivity contribution in [3.05, 3.63) is 64.1 Å². The van der Waals surface area contributed by atoms with Crippen LogP contribution in [-0.4, -0.2) is 6.54 Å². The van der Waals surface area contributed by atoms with Gasteiger partial charge in [0.05, 0.1) is 0 Å². The lowest BCUT2D eigenvalue weighted by atomic mass is 10.0. The first-order valence-electron chi connectivity index (χ1n) is 6.22. The molecule has 0 fully saturated rings. The normalized spacial score (nSPS) is 12.2.